The zero-order valence-corrected chi connectivity index (χ0v) is 13.8. The summed E-state index contributed by atoms with van der Waals surface area (Å²) in [7, 11) is 1.75. The van der Waals surface area contributed by atoms with E-state index in [1.165, 1.54) is 0 Å². The Hall–Kier alpha value is -2.82. The van der Waals surface area contributed by atoms with Gasteiger partial charge in [0.15, 0.2) is 0 Å². The van der Waals surface area contributed by atoms with Crippen LogP contribution in [0.5, 0.6) is 5.75 Å². The summed E-state index contributed by atoms with van der Waals surface area (Å²) in [6.07, 6.45) is 0.347. The number of ether oxygens (including phenoxy) is 1. The van der Waals surface area contributed by atoms with Crippen molar-refractivity contribution in [3.05, 3.63) is 59.2 Å². The molecule has 0 saturated carbocycles. The van der Waals surface area contributed by atoms with Crippen molar-refractivity contribution in [3.63, 3.8) is 0 Å². The smallest absolute Gasteiger partial charge is 0.251 e. The molecule has 0 bridgehead atoms. The minimum Gasteiger partial charge on any atom is -0.494 e. The van der Waals surface area contributed by atoms with Crippen molar-refractivity contribution in [1.82, 2.24) is 5.32 Å². The van der Waals surface area contributed by atoms with Crippen LogP contribution in [0.2, 0.25) is 0 Å². The second-order valence-corrected chi connectivity index (χ2v) is 5.70. The Balaban J connectivity index is 1.71. The molecule has 3 rings (SSSR count). The third-order valence-corrected chi connectivity index (χ3v) is 4.13. The van der Waals surface area contributed by atoms with Crippen LogP contribution in [0.25, 0.3) is 0 Å². The molecule has 0 atom stereocenters. The molecule has 2 amide bonds. The molecule has 1 aliphatic heterocycles. The molecule has 0 aliphatic carbocycles. The number of amides is 2. The van der Waals surface area contributed by atoms with Gasteiger partial charge in [0, 0.05) is 30.4 Å². The van der Waals surface area contributed by atoms with E-state index in [9.17, 15) is 9.59 Å². The molecule has 0 radical (unpaired) electrons. The molecule has 2 aromatic rings. The van der Waals surface area contributed by atoms with Crippen LogP contribution in [0.4, 0.5) is 5.69 Å². The minimum atomic E-state index is -0.161. The van der Waals surface area contributed by atoms with Crippen molar-refractivity contribution in [1.29, 1.82) is 0 Å². The predicted octanol–water partition coefficient (Wildman–Crippen LogP) is 2.53. The van der Waals surface area contributed by atoms with Gasteiger partial charge in [0.05, 0.1) is 13.0 Å². The highest BCUT2D eigenvalue weighted by Crippen LogP contribution is 2.28. The van der Waals surface area contributed by atoms with Gasteiger partial charge in [0.25, 0.3) is 5.91 Å². The normalized spacial score (nSPS) is 12.9. The van der Waals surface area contributed by atoms with E-state index in [4.69, 9.17) is 4.74 Å². The lowest BCUT2D eigenvalue weighted by Crippen LogP contribution is -2.23. The summed E-state index contributed by atoms with van der Waals surface area (Å²) in [6.45, 7) is 2.90. The van der Waals surface area contributed by atoms with Crippen molar-refractivity contribution in [3.8, 4) is 5.75 Å². The van der Waals surface area contributed by atoms with Crippen molar-refractivity contribution < 1.29 is 14.3 Å². The number of nitrogens with zero attached hydrogens (tertiary/aromatic N) is 1. The maximum absolute atomic E-state index is 12.4. The van der Waals surface area contributed by atoms with Gasteiger partial charge in [-0.2, -0.15) is 0 Å². The Bertz CT molecular complexity index is 786. The van der Waals surface area contributed by atoms with Gasteiger partial charge in [-0.15, -0.1) is 0 Å². The maximum Gasteiger partial charge on any atom is 0.251 e. The standard InChI is InChI=1S/C19H20N2O3/c1-3-24-17-7-5-4-6-14(17)12-20-19(23)13-8-9-16-15(10-13)11-18(22)21(16)2/h4-10H,3,11-12H2,1-2H3,(H,20,23). The third kappa shape index (κ3) is 3.11. The number of anilines is 1. The number of para-hydroxylation sites is 1. The lowest BCUT2D eigenvalue weighted by atomic mass is 10.1. The molecular weight excluding hydrogens is 304 g/mol. The number of benzene rings is 2. The fourth-order valence-corrected chi connectivity index (χ4v) is 2.84. The van der Waals surface area contributed by atoms with Crippen LogP contribution in [0, 0.1) is 0 Å². The molecule has 0 saturated heterocycles. The SMILES string of the molecule is CCOc1ccccc1CNC(=O)c1ccc2c(c1)CC(=O)N2C. The van der Waals surface area contributed by atoms with Crippen LogP contribution in [-0.2, 0) is 17.8 Å². The van der Waals surface area contributed by atoms with E-state index in [1.807, 2.05) is 37.3 Å². The number of hydrogen-bond donors (Lipinski definition) is 1. The molecule has 1 heterocycles. The van der Waals surface area contributed by atoms with Gasteiger partial charge in [-0.25, -0.2) is 0 Å². The maximum atomic E-state index is 12.4. The van der Waals surface area contributed by atoms with Gasteiger partial charge in [-0.05, 0) is 36.8 Å². The highest BCUT2D eigenvalue weighted by Gasteiger charge is 2.24. The second-order valence-electron chi connectivity index (χ2n) is 5.70. The zero-order valence-electron chi connectivity index (χ0n) is 13.8. The Morgan fingerprint density at radius 3 is 2.83 bits per heavy atom. The van der Waals surface area contributed by atoms with E-state index < -0.39 is 0 Å². The molecule has 24 heavy (non-hydrogen) atoms. The largest absolute Gasteiger partial charge is 0.494 e. The van der Waals surface area contributed by atoms with Crippen molar-refractivity contribution in [2.45, 2.75) is 19.9 Å². The first-order chi connectivity index (χ1) is 11.6. The number of fused-ring (bicyclic) bond motifs is 1. The molecule has 2 aromatic carbocycles. The summed E-state index contributed by atoms with van der Waals surface area (Å²) >= 11 is 0. The first-order valence-corrected chi connectivity index (χ1v) is 7.98. The van der Waals surface area contributed by atoms with E-state index in [1.54, 1.807) is 24.1 Å². The average Bonchev–Trinajstić information content (AvgIpc) is 2.88. The van der Waals surface area contributed by atoms with E-state index in [0.717, 1.165) is 22.6 Å². The predicted molar refractivity (Wildman–Crippen MR) is 92.3 cm³/mol. The zero-order chi connectivity index (χ0) is 17.1. The Morgan fingerprint density at radius 2 is 2.04 bits per heavy atom. The highest BCUT2D eigenvalue weighted by molar-refractivity contribution is 6.03. The van der Waals surface area contributed by atoms with Crippen LogP contribution in [0.1, 0.15) is 28.4 Å². The highest BCUT2D eigenvalue weighted by atomic mass is 16.5. The molecule has 124 valence electrons. The van der Waals surface area contributed by atoms with E-state index in [2.05, 4.69) is 5.32 Å². The molecule has 1 aliphatic rings. The summed E-state index contributed by atoms with van der Waals surface area (Å²) in [5.74, 6) is 0.667. The van der Waals surface area contributed by atoms with Gasteiger partial charge in [-0.1, -0.05) is 18.2 Å². The van der Waals surface area contributed by atoms with Crippen LogP contribution in [0.15, 0.2) is 42.5 Å². The van der Waals surface area contributed by atoms with Crippen LogP contribution < -0.4 is 15.0 Å². The molecule has 0 fully saturated rings. The summed E-state index contributed by atoms with van der Waals surface area (Å²) in [5, 5.41) is 2.91. The van der Waals surface area contributed by atoms with Crippen LogP contribution in [0.3, 0.4) is 0 Å². The summed E-state index contributed by atoms with van der Waals surface area (Å²) < 4.78 is 5.56. The average molecular weight is 324 g/mol. The van der Waals surface area contributed by atoms with Crippen molar-refractivity contribution in [2.75, 3.05) is 18.6 Å². The molecule has 1 N–H and O–H groups in total. The van der Waals surface area contributed by atoms with Gasteiger partial charge < -0.3 is 15.0 Å². The van der Waals surface area contributed by atoms with E-state index in [-0.39, 0.29) is 11.8 Å². The number of hydrogen-bond acceptors (Lipinski definition) is 3. The topological polar surface area (TPSA) is 58.6 Å². The number of rotatable bonds is 5. The molecule has 0 aromatic heterocycles. The van der Waals surface area contributed by atoms with Crippen molar-refractivity contribution in [2.24, 2.45) is 0 Å². The fraction of sp³-hybridized carbons (Fsp3) is 0.263. The third-order valence-electron chi connectivity index (χ3n) is 4.13. The first-order valence-electron chi connectivity index (χ1n) is 7.98. The fourth-order valence-electron chi connectivity index (χ4n) is 2.84. The second kappa shape index (κ2) is 6.74. The van der Waals surface area contributed by atoms with Gasteiger partial charge in [0.2, 0.25) is 5.91 Å². The Morgan fingerprint density at radius 1 is 1.25 bits per heavy atom. The lowest BCUT2D eigenvalue weighted by molar-refractivity contribution is -0.117. The van der Waals surface area contributed by atoms with Crippen LogP contribution >= 0.6 is 0 Å². The monoisotopic (exact) mass is 324 g/mol. The molecule has 0 unspecified atom stereocenters. The minimum absolute atomic E-state index is 0.0493. The Kier molecular flexibility index (Phi) is 4.51. The van der Waals surface area contributed by atoms with Gasteiger partial charge in [0.1, 0.15) is 5.75 Å². The molecule has 5 heteroatoms. The van der Waals surface area contributed by atoms with Crippen molar-refractivity contribution >= 4 is 17.5 Å². The number of nitrogens with one attached hydrogen (secondary N) is 1. The Labute approximate surface area is 141 Å². The molecule has 0 spiro atoms. The van der Waals surface area contributed by atoms with Crippen LogP contribution in [-0.4, -0.2) is 25.5 Å². The number of carbonyl (C=O) groups excluding carboxylic acids is 2. The lowest BCUT2D eigenvalue weighted by Gasteiger charge is -2.12. The number of likely N-dealkylation sites (N-methyl/N-ethyl adjacent to an activating group) is 1. The van der Waals surface area contributed by atoms with E-state index >= 15 is 0 Å². The van der Waals surface area contributed by atoms with E-state index in [0.29, 0.717) is 25.1 Å². The molecular formula is C19H20N2O3. The summed E-state index contributed by atoms with van der Waals surface area (Å²) in [6, 6.07) is 13.0. The van der Waals surface area contributed by atoms with Gasteiger partial charge in [-0.3, -0.25) is 9.59 Å². The first kappa shape index (κ1) is 16.1. The van der Waals surface area contributed by atoms with Gasteiger partial charge >= 0.3 is 0 Å². The quantitative estimate of drug-likeness (QED) is 0.919. The summed E-state index contributed by atoms with van der Waals surface area (Å²) in [4.78, 5) is 25.8. The summed E-state index contributed by atoms with van der Waals surface area (Å²) in [5.41, 5.74) is 3.26. The molecule has 5 nitrogen and oxygen atoms in total. The number of carbonyl (C=O) groups is 2.